The molecule has 0 spiro atoms. The first-order valence-corrected chi connectivity index (χ1v) is 9.08. The van der Waals surface area contributed by atoms with Gasteiger partial charge in [0.1, 0.15) is 5.75 Å². The van der Waals surface area contributed by atoms with Gasteiger partial charge in [0.2, 0.25) is 0 Å². The van der Waals surface area contributed by atoms with Gasteiger partial charge in [0, 0.05) is 11.1 Å². The Hall–Kier alpha value is -2.60. The summed E-state index contributed by atoms with van der Waals surface area (Å²) in [5.41, 5.74) is 10.2. The van der Waals surface area contributed by atoms with Crippen LogP contribution in [-0.2, 0) is 6.42 Å². The zero-order valence-corrected chi connectivity index (χ0v) is 16.5. The number of aryl methyl sites for hydroxylation is 2. The summed E-state index contributed by atoms with van der Waals surface area (Å²) in [4.78, 5) is 16.9. The highest BCUT2D eigenvalue weighted by molar-refractivity contribution is 9.10. The first-order valence-electron chi connectivity index (χ1n) is 8.28. The van der Waals surface area contributed by atoms with Gasteiger partial charge in [-0.1, -0.05) is 25.1 Å². The number of benzene rings is 2. The summed E-state index contributed by atoms with van der Waals surface area (Å²) >= 11 is 3.50. The van der Waals surface area contributed by atoms with Gasteiger partial charge in [0.25, 0.3) is 5.91 Å². The SMILES string of the molecule is CCc1nc2cc(Br)c(OC)cc2c(Nc2ccccc2C)c1C(N)=O. The largest absolute Gasteiger partial charge is 0.496 e. The van der Waals surface area contributed by atoms with Crippen molar-refractivity contribution >= 4 is 44.1 Å². The lowest BCUT2D eigenvalue weighted by atomic mass is 10.0. The molecular weight excluding hydrogens is 394 g/mol. The highest BCUT2D eigenvalue weighted by Crippen LogP contribution is 2.37. The number of carbonyl (C=O) groups is 1. The van der Waals surface area contributed by atoms with E-state index in [-0.39, 0.29) is 0 Å². The molecule has 3 N–H and O–H groups in total. The number of nitrogens with zero attached hydrogens (tertiary/aromatic N) is 1. The third-order valence-electron chi connectivity index (χ3n) is 4.32. The number of para-hydroxylation sites is 1. The Balaban J connectivity index is 2.36. The van der Waals surface area contributed by atoms with Crippen LogP contribution >= 0.6 is 15.9 Å². The van der Waals surface area contributed by atoms with E-state index in [0.717, 1.165) is 26.6 Å². The molecule has 26 heavy (non-hydrogen) atoms. The molecule has 0 aliphatic heterocycles. The fraction of sp³-hybridized carbons (Fsp3) is 0.200. The molecule has 6 heteroatoms. The smallest absolute Gasteiger partial charge is 0.252 e. The van der Waals surface area contributed by atoms with Crippen molar-refractivity contribution in [3.05, 3.63) is 57.7 Å². The summed E-state index contributed by atoms with van der Waals surface area (Å²) in [6.45, 7) is 3.96. The summed E-state index contributed by atoms with van der Waals surface area (Å²) in [6.07, 6.45) is 0.598. The third-order valence-corrected chi connectivity index (χ3v) is 4.94. The van der Waals surface area contributed by atoms with Gasteiger partial charge in [-0.2, -0.15) is 0 Å². The number of anilines is 2. The van der Waals surface area contributed by atoms with E-state index in [1.165, 1.54) is 0 Å². The fourth-order valence-electron chi connectivity index (χ4n) is 2.97. The van der Waals surface area contributed by atoms with Crippen LogP contribution in [0, 0.1) is 6.92 Å². The first kappa shape index (κ1) is 18.2. The van der Waals surface area contributed by atoms with Gasteiger partial charge in [-0.3, -0.25) is 9.78 Å². The van der Waals surface area contributed by atoms with Gasteiger partial charge >= 0.3 is 0 Å². The van der Waals surface area contributed by atoms with Crippen LogP contribution in [0.2, 0.25) is 0 Å². The van der Waals surface area contributed by atoms with Crippen molar-refractivity contribution in [3.63, 3.8) is 0 Å². The molecule has 134 valence electrons. The molecule has 5 nitrogen and oxygen atoms in total. The Bertz CT molecular complexity index is 1000. The fourth-order valence-corrected chi connectivity index (χ4v) is 3.46. The number of hydrogen-bond acceptors (Lipinski definition) is 4. The van der Waals surface area contributed by atoms with E-state index in [0.29, 0.717) is 29.1 Å². The van der Waals surface area contributed by atoms with E-state index in [1.54, 1.807) is 7.11 Å². The number of ether oxygens (including phenoxy) is 1. The number of methoxy groups -OCH3 is 1. The topological polar surface area (TPSA) is 77.2 Å². The van der Waals surface area contributed by atoms with E-state index in [2.05, 4.69) is 26.2 Å². The molecule has 3 rings (SSSR count). The molecular formula is C20H20BrN3O2. The third kappa shape index (κ3) is 3.24. The minimum absolute atomic E-state index is 0.410. The van der Waals surface area contributed by atoms with Crippen LogP contribution in [0.1, 0.15) is 28.5 Å². The molecule has 0 unspecified atom stereocenters. The summed E-state index contributed by atoms with van der Waals surface area (Å²) in [7, 11) is 1.60. The van der Waals surface area contributed by atoms with Crippen molar-refractivity contribution in [3.8, 4) is 5.75 Å². The number of amides is 1. The predicted octanol–water partition coefficient (Wildman–Crippen LogP) is 4.72. The van der Waals surface area contributed by atoms with Gasteiger partial charge < -0.3 is 15.8 Å². The second-order valence-corrected chi connectivity index (χ2v) is 6.82. The Morgan fingerprint density at radius 1 is 1.31 bits per heavy atom. The van der Waals surface area contributed by atoms with Crippen LogP contribution in [0.5, 0.6) is 5.75 Å². The van der Waals surface area contributed by atoms with Crippen molar-refractivity contribution in [2.75, 3.05) is 12.4 Å². The lowest BCUT2D eigenvalue weighted by Gasteiger charge is -2.18. The Kier molecular flexibility index (Phi) is 5.13. The minimum atomic E-state index is -0.505. The number of carbonyl (C=O) groups excluding carboxylic acids is 1. The van der Waals surface area contributed by atoms with Crippen molar-refractivity contribution in [2.45, 2.75) is 20.3 Å². The van der Waals surface area contributed by atoms with Crippen LogP contribution < -0.4 is 15.8 Å². The summed E-state index contributed by atoms with van der Waals surface area (Å²) in [5, 5.41) is 4.18. The van der Waals surface area contributed by atoms with Crippen molar-refractivity contribution in [1.82, 2.24) is 4.98 Å². The minimum Gasteiger partial charge on any atom is -0.496 e. The molecule has 0 saturated carbocycles. The average Bonchev–Trinajstić information content (AvgIpc) is 2.62. The van der Waals surface area contributed by atoms with Crippen molar-refractivity contribution in [1.29, 1.82) is 0 Å². The molecule has 1 amide bonds. The number of fused-ring (bicyclic) bond motifs is 1. The number of nitrogens with two attached hydrogens (primary N) is 1. The van der Waals surface area contributed by atoms with Gasteiger partial charge in [0.05, 0.1) is 34.0 Å². The molecule has 0 bridgehead atoms. The predicted molar refractivity (Wildman–Crippen MR) is 108 cm³/mol. The van der Waals surface area contributed by atoms with E-state index in [4.69, 9.17) is 10.5 Å². The molecule has 0 fully saturated rings. The molecule has 0 radical (unpaired) electrons. The van der Waals surface area contributed by atoms with E-state index in [1.807, 2.05) is 50.2 Å². The van der Waals surface area contributed by atoms with Crippen molar-refractivity contribution in [2.24, 2.45) is 5.73 Å². The maximum atomic E-state index is 12.2. The first-order chi connectivity index (χ1) is 12.5. The number of hydrogen-bond donors (Lipinski definition) is 2. The van der Waals surface area contributed by atoms with E-state index >= 15 is 0 Å². The van der Waals surface area contributed by atoms with Gasteiger partial charge in [-0.05, 0) is 53.0 Å². The number of halogens is 1. The zero-order valence-electron chi connectivity index (χ0n) is 14.9. The monoisotopic (exact) mass is 413 g/mol. The quantitative estimate of drug-likeness (QED) is 0.634. The lowest BCUT2D eigenvalue weighted by Crippen LogP contribution is -2.17. The molecule has 0 atom stereocenters. The highest BCUT2D eigenvalue weighted by atomic mass is 79.9. The Labute approximate surface area is 160 Å². The maximum Gasteiger partial charge on any atom is 0.252 e. The highest BCUT2D eigenvalue weighted by Gasteiger charge is 2.20. The molecule has 1 aromatic heterocycles. The molecule has 0 saturated heterocycles. The second-order valence-electron chi connectivity index (χ2n) is 5.97. The lowest BCUT2D eigenvalue weighted by molar-refractivity contribution is 0.1000. The number of nitrogens with one attached hydrogen (secondary N) is 1. The molecule has 2 aromatic carbocycles. The second kappa shape index (κ2) is 7.33. The zero-order chi connectivity index (χ0) is 18.8. The molecule has 3 aromatic rings. The van der Waals surface area contributed by atoms with E-state index < -0.39 is 5.91 Å². The van der Waals surface area contributed by atoms with Gasteiger partial charge in [0.15, 0.2) is 0 Å². The number of rotatable bonds is 5. The van der Waals surface area contributed by atoms with Crippen LogP contribution in [0.4, 0.5) is 11.4 Å². The Morgan fingerprint density at radius 3 is 2.65 bits per heavy atom. The van der Waals surface area contributed by atoms with Gasteiger partial charge in [-0.15, -0.1) is 0 Å². The normalized spacial score (nSPS) is 10.8. The standard InChI is InChI=1S/C20H20BrN3O2/c1-4-14-18(20(22)25)19(24-15-8-6-5-7-11(15)2)12-9-17(26-3)13(21)10-16(12)23-14/h5-10H,4H2,1-3H3,(H2,22,25)(H,23,24). The summed E-state index contributed by atoms with van der Waals surface area (Å²) < 4.78 is 6.22. The van der Waals surface area contributed by atoms with Crippen LogP contribution in [-0.4, -0.2) is 18.0 Å². The van der Waals surface area contributed by atoms with Crippen LogP contribution in [0.25, 0.3) is 10.9 Å². The summed E-state index contributed by atoms with van der Waals surface area (Å²) in [6, 6.07) is 11.6. The Morgan fingerprint density at radius 2 is 2.04 bits per heavy atom. The average molecular weight is 414 g/mol. The molecule has 1 heterocycles. The van der Waals surface area contributed by atoms with Crippen LogP contribution in [0.3, 0.4) is 0 Å². The van der Waals surface area contributed by atoms with E-state index in [9.17, 15) is 4.79 Å². The molecule has 0 aliphatic rings. The number of aromatic nitrogens is 1. The maximum absolute atomic E-state index is 12.2. The van der Waals surface area contributed by atoms with Crippen molar-refractivity contribution < 1.29 is 9.53 Å². The summed E-state index contributed by atoms with van der Waals surface area (Å²) in [5.74, 6) is 0.154. The number of primary amides is 1. The number of pyridine rings is 1. The van der Waals surface area contributed by atoms with Gasteiger partial charge in [-0.25, -0.2) is 0 Å². The molecule has 0 aliphatic carbocycles. The van der Waals surface area contributed by atoms with Crippen LogP contribution in [0.15, 0.2) is 40.9 Å².